The molecule has 2 aliphatic heterocycles. The van der Waals surface area contributed by atoms with Crippen LogP contribution in [0.15, 0.2) is 24.3 Å². The van der Waals surface area contributed by atoms with Crippen LogP contribution in [0.1, 0.15) is 50.2 Å². The van der Waals surface area contributed by atoms with Gasteiger partial charge in [0, 0.05) is 33.3 Å². The van der Waals surface area contributed by atoms with Gasteiger partial charge >= 0.3 is 0 Å². The highest BCUT2D eigenvalue weighted by atomic mass is 16.5. The van der Waals surface area contributed by atoms with Gasteiger partial charge in [0.05, 0.1) is 5.41 Å². The van der Waals surface area contributed by atoms with E-state index in [0.717, 1.165) is 25.8 Å². The summed E-state index contributed by atoms with van der Waals surface area (Å²) in [5.41, 5.74) is 2.10. The SMILES string of the molecule is COCC(=O)N1CC[C@@]2(CCCN(Cc3ccc(C(C)C)cc3)C2=O)C1. The van der Waals surface area contributed by atoms with Crippen molar-refractivity contribution >= 4 is 11.8 Å². The highest BCUT2D eigenvalue weighted by Gasteiger charge is 2.49. The van der Waals surface area contributed by atoms with Crippen molar-refractivity contribution in [1.82, 2.24) is 9.80 Å². The predicted molar refractivity (Wildman–Crippen MR) is 101 cm³/mol. The molecule has 0 bridgehead atoms. The minimum absolute atomic E-state index is 0.0152. The summed E-state index contributed by atoms with van der Waals surface area (Å²) in [5, 5.41) is 0. The van der Waals surface area contributed by atoms with Crippen LogP contribution >= 0.6 is 0 Å². The van der Waals surface area contributed by atoms with Gasteiger partial charge in [-0.15, -0.1) is 0 Å². The largest absolute Gasteiger partial charge is 0.375 e. The van der Waals surface area contributed by atoms with Gasteiger partial charge in [0.2, 0.25) is 11.8 Å². The first-order chi connectivity index (χ1) is 12.4. The Morgan fingerprint density at radius 3 is 2.58 bits per heavy atom. The number of hydrogen-bond donors (Lipinski definition) is 0. The van der Waals surface area contributed by atoms with Gasteiger partial charge in [0.25, 0.3) is 0 Å². The lowest BCUT2D eigenvalue weighted by molar-refractivity contribution is -0.147. The first-order valence-electron chi connectivity index (χ1n) is 9.60. The molecule has 0 N–H and O–H groups in total. The summed E-state index contributed by atoms with van der Waals surface area (Å²) in [7, 11) is 1.53. The Labute approximate surface area is 156 Å². The molecule has 3 rings (SSSR count). The van der Waals surface area contributed by atoms with Crippen molar-refractivity contribution in [2.45, 2.75) is 45.6 Å². The van der Waals surface area contributed by atoms with Gasteiger partial charge in [-0.25, -0.2) is 0 Å². The summed E-state index contributed by atoms with van der Waals surface area (Å²) >= 11 is 0. The molecule has 2 heterocycles. The molecule has 2 saturated heterocycles. The van der Waals surface area contributed by atoms with E-state index in [1.165, 1.54) is 18.2 Å². The highest BCUT2D eigenvalue weighted by Crippen LogP contribution is 2.40. The smallest absolute Gasteiger partial charge is 0.248 e. The zero-order valence-corrected chi connectivity index (χ0v) is 16.2. The van der Waals surface area contributed by atoms with Gasteiger partial charge < -0.3 is 14.5 Å². The van der Waals surface area contributed by atoms with Crippen LogP contribution in [0.2, 0.25) is 0 Å². The van der Waals surface area contributed by atoms with E-state index in [-0.39, 0.29) is 23.8 Å². The molecule has 0 radical (unpaired) electrons. The lowest BCUT2D eigenvalue weighted by atomic mass is 9.78. The van der Waals surface area contributed by atoms with E-state index in [2.05, 4.69) is 38.1 Å². The molecule has 2 aliphatic rings. The minimum Gasteiger partial charge on any atom is -0.375 e. The fourth-order valence-electron chi connectivity index (χ4n) is 4.21. The lowest BCUT2D eigenvalue weighted by Gasteiger charge is -2.39. The zero-order valence-electron chi connectivity index (χ0n) is 16.2. The van der Waals surface area contributed by atoms with E-state index >= 15 is 0 Å². The van der Waals surface area contributed by atoms with Crippen LogP contribution in [0.3, 0.4) is 0 Å². The van der Waals surface area contributed by atoms with Crippen LogP contribution in [0.25, 0.3) is 0 Å². The Kier molecular flexibility index (Phi) is 5.66. The molecule has 0 aromatic heterocycles. The molecule has 0 unspecified atom stereocenters. The van der Waals surface area contributed by atoms with E-state index in [4.69, 9.17) is 4.74 Å². The van der Waals surface area contributed by atoms with Gasteiger partial charge in [-0.05, 0) is 36.3 Å². The number of hydrogen-bond acceptors (Lipinski definition) is 3. The number of carbonyl (C=O) groups is 2. The van der Waals surface area contributed by atoms with E-state index in [1.807, 2.05) is 4.90 Å². The van der Waals surface area contributed by atoms with Crippen LogP contribution in [0.4, 0.5) is 0 Å². The number of benzene rings is 1. The van der Waals surface area contributed by atoms with Gasteiger partial charge in [-0.1, -0.05) is 38.1 Å². The van der Waals surface area contributed by atoms with Gasteiger partial charge in [0.1, 0.15) is 6.61 Å². The van der Waals surface area contributed by atoms with Crippen molar-refractivity contribution < 1.29 is 14.3 Å². The monoisotopic (exact) mass is 358 g/mol. The molecule has 2 fully saturated rings. The van der Waals surface area contributed by atoms with E-state index < -0.39 is 0 Å². The first kappa shape index (κ1) is 18.9. The van der Waals surface area contributed by atoms with Crippen molar-refractivity contribution in [2.24, 2.45) is 5.41 Å². The third-order valence-corrected chi connectivity index (χ3v) is 5.82. The number of amides is 2. The predicted octanol–water partition coefficient (Wildman–Crippen LogP) is 2.80. The Hall–Kier alpha value is -1.88. The summed E-state index contributed by atoms with van der Waals surface area (Å²) in [5.74, 6) is 0.709. The van der Waals surface area contributed by atoms with Crippen LogP contribution in [-0.2, 0) is 20.9 Å². The van der Waals surface area contributed by atoms with Crippen molar-refractivity contribution in [3.63, 3.8) is 0 Å². The Morgan fingerprint density at radius 2 is 1.92 bits per heavy atom. The average Bonchev–Trinajstić information content (AvgIpc) is 3.05. The van der Waals surface area contributed by atoms with Crippen molar-refractivity contribution in [3.8, 4) is 0 Å². The summed E-state index contributed by atoms with van der Waals surface area (Å²) in [6.45, 7) is 7.12. The van der Waals surface area contributed by atoms with E-state index in [9.17, 15) is 9.59 Å². The second kappa shape index (κ2) is 7.78. The summed E-state index contributed by atoms with van der Waals surface area (Å²) in [4.78, 5) is 29.1. The molecule has 1 aromatic carbocycles. The molecule has 0 saturated carbocycles. The number of ether oxygens (including phenoxy) is 1. The normalized spacial score (nSPS) is 23.3. The Bertz CT molecular complexity index is 656. The summed E-state index contributed by atoms with van der Waals surface area (Å²) in [6.07, 6.45) is 2.65. The molecule has 2 amide bonds. The van der Waals surface area contributed by atoms with Crippen LogP contribution in [-0.4, -0.2) is 55.0 Å². The van der Waals surface area contributed by atoms with Crippen LogP contribution < -0.4 is 0 Å². The topological polar surface area (TPSA) is 49.9 Å². The van der Waals surface area contributed by atoms with Gasteiger partial charge in [-0.3, -0.25) is 9.59 Å². The van der Waals surface area contributed by atoms with E-state index in [1.54, 1.807) is 4.90 Å². The number of likely N-dealkylation sites (tertiary alicyclic amines) is 2. The maximum Gasteiger partial charge on any atom is 0.248 e. The van der Waals surface area contributed by atoms with Gasteiger partial charge in [-0.2, -0.15) is 0 Å². The molecule has 1 aromatic rings. The summed E-state index contributed by atoms with van der Waals surface area (Å²) in [6, 6.07) is 8.58. The quantitative estimate of drug-likeness (QED) is 0.813. The molecule has 5 nitrogen and oxygen atoms in total. The lowest BCUT2D eigenvalue weighted by Crippen LogP contribution is -2.50. The number of piperidine rings is 1. The number of nitrogens with zero attached hydrogens (tertiary/aromatic N) is 2. The number of rotatable bonds is 5. The molecule has 1 spiro atoms. The fraction of sp³-hybridized carbons (Fsp3) is 0.619. The van der Waals surface area contributed by atoms with Crippen molar-refractivity contribution in [3.05, 3.63) is 35.4 Å². The molecule has 26 heavy (non-hydrogen) atoms. The van der Waals surface area contributed by atoms with E-state index in [0.29, 0.717) is 25.6 Å². The minimum atomic E-state index is -0.389. The van der Waals surface area contributed by atoms with Crippen molar-refractivity contribution in [1.29, 1.82) is 0 Å². The maximum atomic E-state index is 13.2. The fourth-order valence-corrected chi connectivity index (χ4v) is 4.21. The molecular formula is C21H30N2O3. The Morgan fingerprint density at radius 1 is 1.19 bits per heavy atom. The van der Waals surface area contributed by atoms with Gasteiger partial charge in [0.15, 0.2) is 0 Å². The molecule has 1 atom stereocenters. The number of methoxy groups -OCH3 is 1. The first-order valence-corrected chi connectivity index (χ1v) is 9.60. The molecule has 142 valence electrons. The Balaban J connectivity index is 1.67. The molecular weight excluding hydrogens is 328 g/mol. The van der Waals surface area contributed by atoms with Crippen molar-refractivity contribution in [2.75, 3.05) is 33.4 Å². The molecule has 0 aliphatic carbocycles. The second-order valence-corrected chi connectivity index (χ2v) is 8.01. The summed E-state index contributed by atoms with van der Waals surface area (Å²) < 4.78 is 4.96. The standard InChI is InChI=1S/C21H30N2O3/c1-16(2)18-7-5-17(6-8-18)13-22-11-4-9-21(20(22)25)10-12-23(15-21)19(24)14-26-3/h5-8,16H,4,9-15H2,1-3H3/t21-/m0/s1. The third-order valence-electron chi connectivity index (χ3n) is 5.82. The second-order valence-electron chi connectivity index (χ2n) is 8.01. The third kappa shape index (κ3) is 3.78. The zero-order chi connectivity index (χ0) is 18.7. The highest BCUT2D eigenvalue weighted by molar-refractivity contribution is 5.86. The average molecular weight is 358 g/mol. The maximum absolute atomic E-state index is 13.2. The molecule has 5 heteroatoms. The number of carbonyl (C=O) groups excluding carboxylic acids is 2. The van der Waals surface area contributed by atoms with Crippen LogP contribution in [0.5, 0.6) is 0 Å². The van der Waals surface area contributed by atoms with Crippen LogP contribution in [0, 0.1) is 5.41 Å².